The lowest BCUT2D eigenvalue weighted by Gasteiger charge is -2.05. The van der Waals surface area contributed by atoms with Gasteiger partial charge in [-0.25, -0.2) is 9.48 Å². The summed E-state index contributed by atoms with van der Waals surface area (Å²) in [6.07, 6.45) is 4.43. The second kappa shape index (κ2) is 5.29. The Morgan fingerprint density at radius 1 is 1.47 bits per heavy atom. The van der Waals surface area contributed by atoms with Gasteiger partial charge in [-0.15, -0.1) is 5.10 Å². The number of carbonyl (C=O) groups is 1. The number of rotatable bonds is 6. The molecule has 0 amide bonds. The Morgan fingerprint density at radius 3 is 2.82 bits per heavy atom. The first-order valence-corrected chi connectivity index (χ1v) is 6.38. The van der Waals surface area contributed by atoms with E-state index in [1.54, 1.807) is 6.92 Å². The predicted octanol–water partition coefficient (Wildman–Crippen LogP) is 2.13. The Balaban J connectivity index is 2.20. The van der Waals surface area contributed by atoms with Crippen molar-refractivity contribution in [3.8, 4) is 0 Å². The zero-order valence-corrected chi connectivity index (χ0v) is 10.5. The number of ether oxygens (including phenoxy) is 1. The molecule has 0 aromatic carbocycles. The first-order chi connectivity index (χ1) is 8.27. The van der Waals surface area contributed by atoms with Gasteiger partial charge in [0.25, 0.3) is 0 Å². The SMILES string of the molecule is CCCCn1nnc(C(=O)OCC)c1C1CC1. The maximum absolute atomic E-state index is 11.7. The highest BCUT2D eigenvalue weighted by molar-refractivity contribution is 5.88. The summed E-state index contributed by atoms with van der Waals surface area (Å²) in [5, 5.41) is 8.07. The third kappa shape index (κ3) is 2.65. The van der Waals surface area contributed by atoms with Gasteiger partial charge < -0.3 is 4.74 Å². The predicted molar refractivity (Wildman–Crippen MR) is 62.9 cm³/mol. The molecule has 1 aromatic heterocycles. The van der Waals surface area contributed by atoms with Gasteiger partial charge in [0.1, 0.15) is 0 Å². The summed E-state index contributed by atoms with van der Waals surface area (Å²) in [4.78, 5) is 11.7. The van der Waals surface area contributed by atoms with Crippen molar-refractivity contribution < 1.29 is 9.53 Å². The summed E-state index contributed by atoms with van der Waals surface area (Å²) in [6, 6.07) is 0. The first-order valence-electron chi connectivity index (χ1n) is 6.38. The lowest BCUT2D eigenvalue weighted by Crippen LogP contribution is -2.10. The van der Waals surface area contributed by atoms with E-state index in [-0.39, 0.29) is 5.97 Å². The van der Waals surface area contributed by atoms with E-state index in [9.17, 15) is 4.79 Å². The Bertz CT molecular complexity index is 396. The van der Waals surface area contributed by atoms with Crippen molar-refractivity contribution in [1.29, 1.82) is 0 Å². The summed E-state index contributed by atoms with van der Waals surface area (Å²) in [7, 11) is 0. The van der Waals surface area contributed by atoms with Gasteiger partial charge in [0, 0.05) is 12.5 Å². The molecule has 1 fully saturated rings. The van der Waals surface area contributed by atoms with E-state index in [1.165, 1.54) is 0 Å². The number of unbranched alkanes of at least 4 members (excludes halogenated alkanes) is 1. The lowest BCUT2D eigenvalue weighted by atomic mass is 10.2. The van der Waals surface area contributed by atoms with E-state index in [4.69, 9.17) is 4.74 Å². The van der Waals surface area contributed by atoms with Crippen LogP contribution in [-0.2, 0) is 11.3 Å². The van der Waals surface area contributed by atoms with Crippen molar-refractivity contribution in [3.63, 3.8) is 0 Å². The van der Waals surface area contributed by atoms with E-state index in [0.717, 1.165) is 37.9 Å². The fourth-order valence-electron chi connectivity index (χ4n) is 1.90. The van der Waals surface area contributed by atoms with Crippen LogP contribution in [0, 0.1) is 0 Å². The van der Waals surface area contributed by atoms with Gasteiger partial charge in [0.2, 0.25) is 0 Å². The molecule has 0 radical (unpaired) electrons. The summed E-state index contributed by atoms with van der Waals surface area (Å²) >= 11 is 0. The average Bonchev–Trinajstić information content (AvgIpc) is 3.07. The third-order valence-corrected chi connectivity index (χ3v) is 2.93. The first kappa shape index (κ1) is 12.1. The molecule has 1 aliphatic carbocycles. The largest absolute Gasteiger partial charge is 0.461 e. The van der Waals surface area contributed by atoms with Crippen molar-refractivity contribution in [2.24, 2.45) is 0 Å². The molecule has 0 unspecified atom stereocenters. The molecule has 5 heteroatoms. The van der Waals surface area contributed by atoms with Gasteiger partial charge in [-0.2, -0.15) is 0 Å². The molecule has 0 aliphatic heterocycles. The molecule has 0 saturated heterocycles. The second-order valence-corrected chi connectivity index (χ2v) is 4.39. The Labute approximate surface area is 101 Å². The fourth-order valence-corrected chi connectivity index (χ4v) is 1.90. The van der Waals surface area contributed by atoms with Crippen LogP contribution in [0.3, 0.4) is 0 Å². The molecule has 1 aromatic rings. The monoisotopic (exact) mass is 237 g/mol. The summed E-state index contributed by atoms with van der Waals surface area (Å²) in [5.74, 6) is 0.124. The quantitative estimate of drug-likeness (QED) is 0.711. The highest BCUT2D eigenvalue weighted by Gasteiger charge is 2.34. The standard InChI is InChI=1S/C12H19N3O2/c1-3-5-8-15-11(9-6-7-9)10(13-14-15)12(16)17-4-2/h9H,3-8H2,1-2H3. The van der Waals surface area contributed by atoms with Crippen LogP contribution in [-0.4, -0.2) is 27.6 Å². The third-order valence-electron chi connectivity index (χ3n) is 2.93. The molecular weight excluding hydrogens is 218 g/mol. The molecular formula is C12H19N3O2. The zero-order valence-electron chi connectivity index (χ0n) is 10.5. The summed E-state index contributed by atoms with van der Waals surface area (Å²) in [6.45, 7) is 5.16. The number of hydrogen-bond donors (Lipinski definition) is 0. The highest BCUT2D eigenvalue weighted by atomic mass is 16.5. The highest BCUT2D eigenvalue weighted by Crippen LogP contribution is 2.41. The number of esters is 1. The number of hydrogen-bond acceptors (Lipinski definition) is 4. The van der Waals surface area contributed by atoms with Crippen molar-refractivity contribution in [3.05, 3.63) is 11.4 Å². The number of aromatic nitrogens is 3. The van der Waals surface area contributed by atoms with Gasteiger partial charge in [-0.1, -0.05) is 18.6 Å². The van der Waals surface area contributed by atoms with Crippen molar-refractivity contribution in [2.75, 3.05) is 6.61 Å². The van der Waals surface area contributed by atoms with Crippen LogP contribution in [0.2, 0.25) is 0 Å². The number of carbonyl (C=O) groups excluding carboxylic acids is 1. The van der Waals surface area contributed by atoms with Crippen LogP contribution in [0.4, 0.5) is 0 Å². The summed E-state index contributed by atoms with van der Waals surface area (Å²) < 4.78 is 6.89. The molecule has 17 heavy (non-hydrogen) atoms. The van der Waals surface area contributed by atoms with Gasteiger partial charge >= 0.3 is 5.97 Å². The molecule has 1 heterocycles. The minimum Gasteiger partial charge on any atom is -0.461 e. The van der Waals surface area contributed by atoms with E-state index >= 15 is 0 Å². The molecule has 0 spiro atoms. The minimum atomic E-state index is -0.336. The Hall–Kier alpha value is -1.39. The molecule has 0 bridgehead atoms. The molecule has 94 valence electrons. The number of aryl methyl sites for hydroxylation is 1. The van der Waals surface area contributed by atoms with E-state index in [1.807, 2.05) is 4.68 Å². The zero-order chi connectivity index (χ0) is 12.3. The molecule has 0 atom stereocenters. The van der Waals surface area contributed by atoms with E-state index in [2.05, 4.69) is 17.2 Å². The van der Waals surface area contributed by atoms with Crippen LogP contribution >= 0.6 is 0 Å². The van der Waals surface area contributed by atoms with Gasteiger partial charge in [-0.3, -0.25) is 0 Å². The van der Waals surface area contributed by atoms with Crippen LogP contribution in [0.25, 0.3) is 0 Å². The van der Waals surface area contributed by atoms with Gasteiger partial charge in [0.05, 0.1) is 12.3 Å². The molecule has 2 rings (SSSR count). The van der Waals surface area contributed by atoms with Crippen LogP contribution < -0.4 is 0 Å². The lowest BCUT2D eigenvalue weighted by molar-refractivity contribution is 0.0518. The molecule has 1 saturated carbocycles. The van der Waals surface area contributed by atoms with Crippen LogP contribution in [0.5, 0.6) is 0 Å². The van der Waals surface area contributed by atoms with Gasteiger partial charge in [0.15, 0.2) is 5.69 Å². The smallest absolute Gasteiger partial charge is 0.360 e. The average molecular weight is 237 g/mol. The second-order valence-electron chi connectivity index (χ2n) is 4.39. The van der Waals surface area contributed by atoms with Crippen molar-refractivity contribution in [2.45, 2.75) is 52.0 Å². The topological polar surface area (TPSA) is 57.0 Å². The van der Waals surface area contributed by atoms with Gasteiger partial charge in [-0.05, 0) is 26.2 Å². The van der Waals surface area contributed by atoms with E-state index < -0.39 is 0 Å². The van der Waals surface area contributed by atoms with Crippen LogP contribution in [0.1, 0.15) is 61.6 Å². The number of nitrogens with zero attached hydrogens (tertiary/aromatic N) is 3. The van der Waals surface area contributed by atoms with Crippen molar-refractivity contribution >= 4 is 5.97 Å². The van der Waals surface area contributed by atoms with E-state index in [0.29, 0.717) is 18.2 Å². The summed E-state index contributed by atoms with van der Waals surface area (Å²) in [5.41, 5.74) is 1.40. The minimum absolute atomic E-state index is 0.336. The normalized spacial score (nSPS) is 14.9. The molecule has 1 aliphatic rings. The fraction of sp³-hybridized carbons (Fsp3) is 0.750. The van der Waals surface area contributed by atoms with Crippen molar-refractivity contribution in [1.82, 2.24) is 15.0 Å². The molecule has 0 N–H and O–H groups in total. The Morgan fingerprint density at radius 2 is 2.24 bits per heavy atom. The maximum atomic E-state index is 11.7. The molecule has 5 nitrogen and oxygen atoms in total. The van der Waals surface area contributed by atoms with Crippen LogP contribution in [0.15, 0.2) is 0 Å². The Kier molecular flexibility index (Phi) is 3.76. The maximum Gasteiger partial charge on any atom is 0.360 e.